The summed E-state index contributed by atoms with van der Waals surface area (Å²) < 4.78 is 19.4. The van der Waals surface area contributed by atoms with E-state index >= 15 is 0 Å². The largest absolute Gasteiger partial charge is 0.454 e. The molecular formula is C13H8BrCl2FN2O2. The molecular weight excluding hydrogens is 386 g/mol. The van der Waals surface area contributed by atoms with Gasteiger partial charge in [-0.2, -0.15) is 0 Å². The summed E-state index contributed by atoms with van der Waals surface area (Å²) in [5, 5.41) is -0.00110. The molecule has 0 aliphatic heterocycles. The lowest BCUT2D eigenvalue weighted by Crippen LogP contribution is -2.13. The van der Waals surface area contributed by atoms with Gasteiger partial charge in [0.1, 0.15) is 11.6 Å². The highest BCUT2D eigenvalue weighted by molar-refractivity contribution is 9.10. The third kappa shape index (κ3) is 3.40. The fourth-order valence-electron chi connectivity index (χ4n) is 1.59. The van der Waals surface area contributed by atoms with Gasteiger partial charge in [-0.15, -0.1) is 0 Å². The first kappa shape index (κ1) is 15.9. The number of nitrogens with two attached hydrogens (primary N) is 2. The monoisotopic (exact) mass is 392 g/mol. The second kappa shape index (κ2) is 6.09. The van der Waals surface area contributed by atoms with Gasteiger partial charge in [0.25, 0.3) is 5.91 Å². The Labute approximate surface area is 137 Å². The normalized spacial score (nSPS) is 10.5. The van der Waals surface area contributed by atoms with Crippen molar-refractivity contribution in [1.82, 2.24) is 0 Å². The number of ether oxygens (including phenoxy) is 1. The minimum atomic E-state index is -0.773. The quantitative estimate of drug-likeness (QED) is 0.600. The SMILES string of the molecule is NC(=O)c1cc(N)cc(Cl)c1Oc1cc(F)c(Cl)cc1Br. The first-order valence-corrected chi connectivity index (χ1v) is 7.05. The number of amides is 1. The van der Waals surface area contributed by atoms with Crippen molar-refractivity contribution in [2.24, 2.45) is 5.73 Å². The Bertz CT molecular complexity index is 741. The molecule has 2 aromatic carbocycles. The van der Waals surface area contributed by atoms with Gasteiger partial charge in [-0.3, -0.25) is 4.79 Å². The number of anilines is 1. The highest BCUT2D eigenvalue weighted by atomic mass is 79.9. The van der Waals surface area contributed by atoms with Gasteiger partial charge >= 0.3 is 0 Å². The Balaban J connectivity index is 2.54. The van der Waals surface area contributed by atoms with Crippen LogP contribution in [-0.4, -0.2) is 5.91 Å². The molecule has 4 nitrogen and oxygen atoms in total. The van der Waals surface area contributed by atoms with Crippen LogP contribution in [0.15, 0.2) is 28.7 Å². The standard InChI is InChI=1S/C13H8BrCl2FN2O2/c14-7-3-8(15)10(17)4-11(7)21-12-6(13(19)20)1-5(18)2-9(12)16/h1-4H,18H2,(H2,19,20). The van der Waals surface area contributed by atoms with Gasteiger partial charge in [0.15, 0.2) is 5.75 Å². The predicted molar refractivity (Wildman–Crippen MR) is 83.6 cm³/mol. The Morgan fingerprint density at radius 1 is 1.19 bits per heavy atom. The molecule has 0 aliphatic rings. The van der Waals surface area contributed by atoms with Gasteiger partial charge < -0.3 is 16.2 Å². The zero-order valence-electron chi connectivity index (χ0n) is 10.3. The van der Waals surface area contributed by atoms with Crippen molar-refractivity contribution in [3.63, 3.8) is 0 Å². The molecule has 0 radical (unpaired) electrons. The van der Waals surface area contributed by atoms with E-state index in [1.54, 1.807) is 0 Å². The predicted octanol–water partition coefficient (Wildman–Crippen LogP) is 4.37. The van der Waals surface area contributed by atoms with Crippen molar-refractivity contribution in [3.05, 3.63) is 50.2 Å². The molecule has 0 saturated heterocycles. The summed E-state index contributed by atoms with van der Waals surface area (Å²) in [5.74, 6) is -1.38. The van der Waals surface area contributed by atoms with E-state index in [4.69, 9.17) is 39.4 Å². The van der Waals surface area contributed by atoms with E-state index in [1.165, 1.54) is 18.2 Å². The van der Waals surface area contributed by atoms with E-state index < -0.39 is 11.7 Å². The highest BCUT2D eigenvalue weighted by Gasteiger charge is 2.18. The summed E-state index contributed by atoms with van der Waals surface area (Å²) in [6.45, 7) is 0. The van der Waals surface area contributed by atoms with E-state index in [2.05, 4.69) is 15.9 Å². The lowest BCUT2D eigenvalue weighted by molar-refractivity contribution is 0.0998. The van der Waals surface area contributed by atoms with Crippen molar-refractivity contribution in [1.29, 1.82) is 0 Å². The highest BCUT2D eigenvalue weighted by Crippen LogP contribution is 2.39. The van der Waals surface area contributed by atoms with E-state index in [0.717, 1.165) is 6.07 Å². The summed E-state index contributed by atoms with van der Waals surface area (Å²) in [6, 6.07) is 5.10. The van der Waals surface area contributed by atoms with Crippen LogP contribution in [0.2, 0.25) is 10.0 Å². The molecule has 8 heteroatoms. The summed E-state index contributed by atoms with van der Waals surface area (Å²) in [6.07, 6.45) is 0. The van der Waals surface area contributed by atoms with Crippen molar-refractivity contribution in [2.75, 3.05) is 5.73 Å². The lowest BCUT2D eigenvalue weighted by Gasteiger charge is -2.13. The Morgan fingerprint density at radius 2 is 1.86 bits per heavy atom. The van der Waals surface area contributed by atoms with Gasteiger partial charge in [-0.1, -0.05) is 23.2 Å². The molecule has 0 saturated carbocycles. The molecule has 0 aromatic heterocycles. The smallest absolute Gasteiger partial charge is 0.252 e. The first-order chi connectivity index (χ1) is 9.79. The number of rotatable bonds is 3. The minimum absolute atomic E-state index is 0.0118. The molecule has 0 fully saturated rings. The summed E-state index contributed by atoms with van der Waals surface area (Å²) in [5.41, 5.74) is 11.1. The summed E-state index contributed by atoms with van der Waals surface area (Å²) in [7, 11) is 0. The molecule has 0 bridgehead atoms. The van der Waals surface area contributed by atoms with Gasteiger partial charge in [-0.25, -0.2) is 4.39 Å². The van der Waals surface area contributed by atoms with Gasteiger partial charge in [0.2, 0.25) is 0 Å². The average molecular weight is 394 g/mol. The maximum Gasteiger partial charge on any atom is 0.252 e. The molecule has 0 unspecified atom stereocenters. The second-order valence-corrected chi connectivity index (χ2v) is 5.71. The fourth-order valence-corrected chi connectivity index (χ4v) is 2.58. The number of benzene rings is 2. The molecule has 4 N–H and O–H groups in total. The van der Waals surface area contributed by atoms with E-state index in [0.29, 0.717) is 4.47 Å². The molecule has 0 spiro atoms. The van der Waals surface area contributed by atoms with Crippen molar-refractivity contribution in [2.45, 2.75) is 0 Å². The second-order valence-electron chi connectivity index (χ2n) is 4.04. The number of primary amides is 1. The number of carbonyl (C=O) groups excluding carboxylic acids is 1. The van der Waals surface area contributed by atoms with Crippen LogP contribution in [0.4, 0.5) is 10.1 Å². The van der Waals surface area contributed by atoms with Crippen LogP contribution in [0.1, 0.15) is 10.4 Å². The van der Waals surface area contributed by atoms with Gasteiger partial charge in [-0.05, 0) is 34.1 Å². The minimum Gasteiger partial charge on any atom is -0.454 e. The topological polar surface area (TPSA) is 78.3 Å². The average Bonchev–Trinajstić information content (AvgIpc) is 2.38. The van der Waals surface area contributed by atoms with Crippen LogP contribution in [0.5, 0.6) is 11.5 Å². The Morgan fingerprint density at radius 3 is 2.48 bits per heavy atom. The first-order valence-electron chi connectivity index (χ1n) is 5.51. The summed E-state index contributed by atoms with van der Waals surface area (Å²) in [4.78, 5) is 11.4. The third-order valence-corrected chi connectivity index (χ3v) is 3.71. The number of nitrogen functional groups attached to an aromatic ring is 1. The third-order valence-electron chi connectivity index (χ3n) is 2.52. The molecule has 1 amide bonds. The van der Waals surface area contributed by atoms with Crippen LogP contribution >= 0.6 is 39.1 Å². The molecule has 0 atom stereocenters. The molecule has 21 heavy (non-hydrogen) atoms. The molecule has 0 aliphatic carbocycles. The van der Waals surface area contributed by atoms with Crippen molar-refractivity contribution in [3.8, 4) is 11.5 Å². The maximum absolute atomic E-state index is 13.5. The summed E-state index contributed by atoms with van der Waals surface area (Å²) >= 11 is 14.8. The molecule has 2 aromatic rings. The van der Waals surface area contributed by atoms with E-state index in [-0.39, 0.29) is 32.8 Å². The molecule has 110 valence electrons. The fraction of sp³-hybridized carbons (Fsp3) is 0. The van der Waals surface area contributed by atoms with Crippen LogP contribution < -0.4 is 16.2 Å². The number of carbonyl (C=O) groups is 1. The van der Waals surface area contributed by atoms with Crippen LogP contribution in [0, 0.1) is 5.82 Å². The van der Waals surface area contributed by atoms with Crippen molar-refractivity contribution < 1.29 is 13.9 Å². The van der Waals surface area contributed by atoms with Gasteiger partial charge in [0, 0.05) is 11.8 Å². The zero-order valence-corrected chi connectivity index (χ0v) is 13.4. The Kier molecular flexibility index (Phi) is 4.61. The van der Waals surface area contributed by atoms with E-state index in [1.807, 2.05) is 0 Å². The zero-order chi connectivity index (χ0) is 15.7. The Hall–Kier alpha value is -1.50. The van der Waals surface area contributed by atoms with Gasteiger partial charge in [0.05, 0.1) is 20.1 Å². The number of hydrogen-bond donors (Lipinski definition) is 2. The number of hydrogen-bond acceptors (Lipinski definition) is 3. The number of halogens is 4. The van der Waals surface area contributed by atoms with Crippen molar-refractivity contribution >= 4 is 50.7 Å². The van der Waals surface area contributed by atoms with E-state index in [9.17, 15) is 9.18 Å². The van der Waals surface area contributed by atoms with Crippen LogP contribution in [0.25, 0.3) is 0 Å². The molecule has 2 rings (SSSR count). The maximum atomic E-state index is 13.5. The lowest BCUT2D eigenvalue weighted by atomic mass is 10.1. The van der Waals surface area contributed by atoms with Crippen LogP contribution in [0.3, 0.4) is 0 Å². The van der Waals surface area contributed by atoms with Crippen LogP contribution in [-0.2, 0) is 0 Å². The molecule has 0 heterocycles.